The Morgan fingerprint density at radius 1 is 1.40 bits per heavy atom. The van der Waals surface area contributed by atoms with E-state index in [1.807, 2.05) is 19.3 Å². The zero-order chi connectivity index (χ0) is 18.1. The maximum Gasteiger partial charge on any atom is 0.270 e. The highest BCUT2D eigenvalue weighted by molar-refractivity contribution is 5.93. The summed E-state index contributed by atoms with van der Waals surface area (Å²) < 4.78 is 3.37. The minimum atomic E-state index is -0.268. The normalized spacial score (nSPS) is 21.2. The van der Waals surface area contributed by atoms with Gasteiger partial charge < -0.3 is 10.4 Å². The molecule has 1 aliphatic rings. The highest BCUT2D eigenvalue weighted by Crippen LogP contribution is 2.38. The van der Waals surface area contributed by atoms with Crippen molar-refractivity contribution in [3.05, 3.63) is 35.4 Å². The molecule has 2 aromatic heterocycles. The van der Waals surface area contributed by atoms with Gasteiger partial charge in [-0.2, -0.15) is 10.2 Å². The van der Waals surface area contributed by atoms with Gasteiger partial charge in [0.2, 0.25) is 0 Å². The Hall–Kier alpha value is -2.15. The van der Waals surface area contributed by atoms with Crippen LogP contribution in [-0.4, -0.2) is 36.7 Å². The maximum atomic E-state index is 12.8. The number of nitrogens with zero attached hydrogens (tertiary/aromatic N) is 4. The van der Waals surface area contributed by atoms with Crippen molar-refractivity contribution in [3.8, 4) is 0 Å². The summed E-state index contributed by atoms with van der Waals surface area (Å²) >= 11 is 0. The molecule has 0 aromatic carbocycles. The molecule has 2 N–H and O–H groups in total. The van der Waals surface area contributed by atoms with Gasteiger partial charge in [0.15, 0.2) is 0 Å². The van der Waals surface area contributed by atoms with Crippen molar-refractivity contribution in [1.29, 1.82) is 0 Å². The number of aliphatic hydroxyl groups excluding tert-OH is 1. The quantitative estimate of drug-likeness (QED) is 0.833. The lowest BCUT2D eigenvalue weighted by atomic mass is 9.75. The van der Waals surface area contributed by atoms with Gasteiger partial charge in [0, 0.05) is 25.9 Å². The number of hydrogen-bond donors (Lipinski definition) is 2. The molecule has 2 aromatic rings. The zero-order valence-electron chi connectivity index (χ0n) is 15.3. The highest BCUT2D eigenvalue weighted by atomic mass is 16.3. The fourth-order valence-corrected chi connectivity index (χ4v) is 3.45. The number of rotatable bonds is 6. The average Bonchev–Trinajstić information content (AvgIpc) is 3.07. The molecule has 3 rings (SSSR count). The van der Waals surface area contributed by atoms with E-state index in [0.717, 1.165) is 17.7 Å². The lowest BCUT2D eigenvalue weighted by Crippen LogP contribution is -2.41. The first-order valence-corrected chi connectivity index (χ1v) is 8.84. The summed E-state index contributed by atoms with van der Waals surface area (Å²) in [7, 11) is 3.65. The number of nitrogens with one attached hydrogen (secondary N) is 1. The Kier molecular flexibility index (Phi) is 4.94. The number of aliphatic hydroxyl groups is 1. The summed E-state index contributed by atoms with van der Waals surface area (Å²) in [5, 5.41) is 21.4. The Labute approximate surface area is 148 Å². The molecule has 0 unspecified atom stereocenters. The zero-order valence-corrected chi connectivity index (χ0v) is 15.3. The molecular weight excluding hydrogens is 318 g/mol. The second kappa shape index (κ2) is 7.00. The molecule has 1 saturated carbocycles. The van der Waals surface area contributed by atoms with Crippen LogP contribution in [0.3, 0.4) is 0 Å². The van der Waals surface area contributed by atoms with Gasteiger partial charge in [-0.15, -0.1) is 0 Å². The molecule has 0 aliphatic heterocycles. The largest absolute Gasteiger partial charge is 0.393 e. The van der Waals surface area contributed by atoms with Gasteiger partial charge >= 0.3 is 0 Å². The molecule has 25 heavy (non-hydrogen) atoms. The molecular formula is C18H27N5O2. The molecule has 136 valence electrons. The lowest BCUT2D eigenvalue weighted by molar-refractivity contribution is 0.0234. The first-order chi connectivity index (χ1) is 11.8. The van der Waals surface area contributed by atoms with Crippen molar-refractivity contribution in [2.75, 3.05) is 0 Å². The first-order valence-electron chi connectivity index (χ1n) is 8.84. The Bertz CT molecular complexity index is 742. The molecule has 1 amide bonds. The molecule has 1 aliphatic carbocycles. The van der Waals surface area contributed by atoms with Gasteiger partial charge in [0.1, 0.15) is 5.69 Å². The van der Waals surface area contributed by atoms with E-state index in [2.05, 4.69) is 29.4 Å². The average molecular weight is 345 g/mol. The van der Waals surface area contributed by atoms with Gasteiger partial charge in [-0.25, -0.2) is 0 Å². The minimum Gasteiger partial charge on any atom is -0.393 e. The van der Waals surface area contributed by atoms with Gasteiger partial charge in [-0.05, 0) is 37.2 Å². The van der Waals surface area contributed by atoms with E-state index in [0.29, 0.717) is 24.5 Å². The summed E-state index contributed by atoms with van der Waals surface area (Å²) in [6, 6.07) is 1.72. The third-order valence-corrected chi connectivity index (χ3v) is 4.77. The minimum absolute atomic E-state index is 0.139. The van der Waals surface area contributed by atoms with Crippen LogP contribution in [0.4, 0.5) is 0 Å². The monoisotopic (exact) mass is 345 g/mol. The summed E-state index contributed by atoms with van der Waals surface area (Å²) in [6.45, 7) is 4.27. The van der Waals surface area contributed by atoms with Crippen molar-refractivity contribution in [2.24, 2.45) is 25.9 Å². The van der Waals surface area contributed by atoms with Gasteiger partial charge in [0.05, 0.1) is 24.0 Å². The lowest BCUT2D eigenvalue weighted by Gasteiger charge is -2.37. The van der Waals surface area contributed by atoms with E-state index < -0.39 is 0 Å². The summed E-state index contributed by atoms with van der Waals surface area (Å²) in [5.74, 6) is 0.581. The van der Waals surface area contributed by atoms with E-state index in [1.165, 1.54) is 0 Å². The molecule has 1 fully saturated rings. The van der Waals surface area contributed by atoms with E-state index in [-0.39, 0.29) is 24.0 Å². The molecule has 2 heterocycles. The Morgan fingerprint density at radius 2 is 2.12 bits per heavy atom. The SMILES string of the molecule is CC(C)Cc1cc(C(=O)N[C@H](c2cnn(C)c2)C2CC(O)C2)n(C)n1. The number of aryl methyl sites for hydroxylation is 2. The summed E-state index contributed by atoms with van der Waals surface area (Å²) in [5.41, 5.74) is 2.46. The van der Waals surface area contributed by atoms with Crippen LogP contribution >= 0.6 is 0 Å². The number of carbonyl (C=O) groups excluding carboxylic acids is 1. The van der Waals surface area contributed by atoms with Crippen LogP contribution in [0.15, 0.2) is 18.5 Å². The van der Waals surface area contributed by atoms with E-state index in [4.69, 9.17) is 0 Å². The van der Waals surface area contributed by atoms with Gasteiger partial charge in [0.25, 0.3) is 5.91 Å². The Balaban J connectivity index is 1.77. The number of aromatic nitrogens is 4. The standard InChI is InChI=1S/C18H27N5O2/c1-11(2)5-14-8-16(23(4)21-14)18(25)20-17(12-6-15(24)7-12)13-9-19-22(3)10-13/h8-12,15,17,24H,5-7H2,1-4H3,(H,20,25)/t12?,15?,17-/m0/s1. The highest BCUT2D eigenvalue weighted by Gasteiger charge is 2.36. The smallest absolute Gasteiger partial charge is 0.270 e. The van der Waals surface area contributed by atoms with Crippen LogP contribution < -0.4 is 5.32 Å². The third-order valence-electron chi connectivity index (χ3n) is 4.77. The van der Waals surface area contributed by atoms with Crippen LogP contribution in [-0.2, 0) is 20.5 Å². The second-order valence-electron chi connectivity index (χ2n) is 7.53. The summed E-state index contributed by atoms with van der Waals surface area (Å²) in [6.07, 6.45) is 5.68. The van der Waals surface area contributed by atoms with Crippen LogP contribution in [0.5, 0.6) is 0 Å². The maximum absolute atomic E-state index is 12.8. The fraction of sp³-hybridized carbons (Fsp3) is 0.611. The van der Waals surface area contributed by atoms with Crippen molar-refractivity contribution in [1.82, 2.24) is 24.9 Å². The molecule has 1 atom stereocenters. The van der Waals surface area contributed by atoms with Crippen molar-refractivity contribution >= 4 is 5.91 Å². The van der Waals surface area contributed by atoms with Crippen LogP contribution in [0.1, 0.15) is 54.5 Å². The van der Waals surface area contributed by atoms with E-state index >= 15 is 0 Å². The second-order valence-corrected chi connectivity index (χ2v) is 7.53. The van der Waals surface area contributed by atoms with Crippen LogP contribution in [0.25, 0.3) is 0 Å². The van der Waals surface area contributed by atoms with Crippen LogP contribution in [0.2, 0.25) is 0 Å². The van der Waals surface area contributed by atoms with E-state index in [1.54, 1.807) is 22.6 Å². The fourth-order valence-electron chi connectivity index (χ4n) is 3.45. The summed E-state index contributed by atoms with van der Waals surface area (Å²) in [4.78, 5) is 12.8. The van der Waals surface area contributed by atoms with Gasteiger partial charge in [-0.3, -0.25) is 14.2 Å². The Morgan fingerprint density at radius 3 is 2.68 bits per heavy atom. The third kappa shape index (κ3) is 3.92. The van der Waals surface area contributed by atoms with Crippen LogP contribution in [0, 0.1) is 11.8 Å². The molecule has 7 nitrogen and oxygen atoms in total. The molecule has 0 radical (unpaired) electrons. The van der Waals surface area contributed by atoms with E-state index in [9.17, 15) is 9.90 Å². The number of hydrogen-bond acceptors (Lipinski definition) is 4. The van der Waals surface area contributed by atoms with Crippen molar-refractivity contribution < 1.29 is 9.90 Å². The van der Waals surface area contributed by atoms with Crippen molar-refractivity contribution in [2.45, 2.75) is 45.3 Å². The molecule has 0 bridgehead atoms. The van der Waals surface area contributed by atoms with Gasteiger partial charge in [-0.1, -0.05) is 13.8 Å². The predicted octanol–water partition coefficient (Wildman–Crippen LogP) is 1.59. The topological polar surface area (TPSA) is 85.0 Å². The predicted molar refractivity (Wildman–Crippen MR) is 93.9 cm³/mol. The molecule has 0 saturated heterocycles. The first kappa shape index (κ1) is 17.7. The number of carbonyl (C=O) groups is 1. The number of amides is 1. The van der Waals surface area contributed by atoms with Crippen molar-refractivity contribution in [3.63, 3.8) is 0 Å². The molecule has 0 spiro atoms. The molecule has 7 heteroatoms.